The summed E-state index contributed by atoms with van der Waals surface area (Å²) in [6, 6.07) is -0.850. The van der Waals surface area contributed by atoms with Crippen LogP contribution in [0.3, 0.4) is 0 Å². The molecule has 0 amide bonds. The topological polar surface area (TPSA) is 83.1 Å². The third-order valence-electron chi connectivity index (χ3n) is 3.82. The highest BCUT2D eigenvalue weighted by molar-refractivity contribution is 5.80. The summed E-state index contributed by atoms with van der Waals surface area (Å²) in [5, 5.41) is 3.13. The van der Waals surface area contributed by atoms with Crippen molar-refractivity contribution >= 4 is 11.9 Å². The highest BCUT2D eigenvalue weighted by Gasteiger charge is 2.49. The number of methoxy groups -OCH3 is 1. The molecule has 0 aromatic rings. The van der Waals surface area contributed by atoms with Crippen LogP contribution < -0.4 is 5.32 Å². The predicted octanol–water partition coefficient (Wildman–Crippen LogP) is 0.221. The summed E-state index contributed by atoms with van der Waals surface area (Å²) in [5.74, 6) is -1.84. The molecule has 0 aliphatic carbocycles. The van der Waals surface area contributed by atoms with E-state index in [2.05, 4.69) is 5.32 Å². The molecule has 0 radical (unpaired) electrons. The van der Waals surface area contributed by atoms with Gasteiger partial charge in [-0.25, -0.2) is 0 Å². The van der Waals surface area contributed by atoms with Gasteiger partial charge in [0.2, 0.25) is 0 Å². The maximum Gasteiger partial charge on any atom is 0.322 e. The van der Waals surface area contributed by atoms with E-state index in [0.29, 0.717) is 19.6 Å². The lowest BCUT2D eigenvalue weighted by atomic mass is 9.95. The van der Waals surface area contributed by atoms with E-state index in [1.54, 1.807) is 6.92 Å². The van der Waals surface area contributed by atoms with E-state index in [9.17, 15) is 9.59 Å². The molecule has 7 heteroatoms. The van der Waals surface area contributed by atoms with Gasteiger partial charge < -0.3 is 18.9 Å². The van der Waals surface area contributed by atoms with Gasteiger partial charge >= 0.3 is 11.9 Å². The minimum atomic E-state index is -0.686. The Morgan fingerprint density at radius 2 is 2.05 bits per heavy atom. The van der Waals surface area contributed by atoms with Crippen molar-refractivity contribution in [3.8, 4) is 0 Å². The number of hydrogen-bond donors (Lipinski definition) is 1. The quantitative estimate of drug-likeness (QED) is 0.744. The fourth-order valence-corrected chi connectivity index (χ4v) is 2.87. The Morgan fingerprint density at radius 1 is 1.33 bits per heavy atom. The first-order valence-electron chi connectivity index (χ1n) is 7.20. The molecule has 120 valence electrons. The van der Waals surface area contributed by atoms with Crippen molar-refractivity contribution in [1.29, 1.82) is 0 Å². The zero-order valence-corrected chi connectivity index (χ0v) is 12.9. The van der Waals surface area contributed by atoms with Gasteiger partial charge in [-0.2, -0.15) is 0 Å². The van der Waals surface area contributed by atoms with E-state index in [-0.39, 0.29) is 24.1 Å². The summed E-state index contributed by atoms with van der Waals surface area (Å²) in [7, 11) is 1.33. The second kappa shape index (κ2) is 6.29. The van der Waals surface area contributed by atoms with Crippen LogP contribution in [0.2, 0.25) is 0 Å². The lowest BCUT2D eigenvalue weighted by Crippen LogP contribution is -2.47. The Hall–Kier alpha value is -1.18. The molecular formula is C14H23NO6. The van der Waals surface area contributed by atoms with Crippen molar-refractivity contribution in [3.05, 3.63) is 0 Å². The van der Waals surface area contributed by atoms with Crippen LogP contribution in [-0.4, -0.2) is 56.2 Å². The number of rotatable bonds is 4. The van der Waals surface area contributed by atoms with E-state index in [1.807, 2.05) is 13.8 Å². The van der Waals surface area contributed by atoms with Crippen molar-refractivity contribution in [3.63, 3.8) is 0 Å². The van der Waals surface area contributed by atoms with Crippen LogP contribution in [0.4, 0.5) is 0 Å². The van der Waals surface area contributed by atoms with Gasteiger partial charge in [0.1, 0.15) is 12.1 Å². The monoisotopic (exact) mass is 301 g/mol. The molecular weight excluding hydrogens is 278 g/mol. The second-order valence-electron chi connectivity index (χ2n) is 5.73. The van der Waals surface area contributed by atoms with E-state index in [0.717, 1.165) is 0 Å². The summed E-state index contributed by atoms with van der Waals surface area (Å²) in [6.07, 6.45) is 0.0419. The summed E-state index contributed by atoms with van der Waals surface area (Å²) in [5.41, 5.74) is 0. The van der Waals surface area contributed by atoms with Crippen LogP contribution in [0.5, 0.6) is 0 Å². The molecule has 0 aromatic carbocycles. The molecule has 21 heavy (non-hydrogen) atoms. The summed E-state index contributed by atoms with van der Waals surface area (Å²) >= 11 is 0. The van der Waals surface area contributed by atoms with Crippen LogP contribution in [-0.2, 0) is 28.5 Å². The first kappa shape index (κ1) is 16.2. The average molecular weight is 301 g/mol. The third kappa shape index (κ3) is 3.53. The smallest absolute Gasteiger partial charge is 0.322 e. The van der Waals surface area contributed by atoms with Gasteiger partial charge in [0.05, 0.1) is 26.2 Å². The van der Waals surface area contributed by atoms with Gasteiger partial charge in [-0.15, -0.1) is 0 Å². The SMILES string of the molecule is CCOC(=O)[C@H]1C[C@@H](C(=O)OC)N[C@H]1[C@H]1COC(C)(C)O1. The molecule has 4 atom stereocenters. The Kier molecular flexibility index (Phi) is 4.85. The third-order valence-corrected chi connectivity index (χ3v) is 3.82. The molecule has 0 unspecified atom stereocenters. The molecule has 2 saturated heterocycles. The van der Waals surface area contributed by atoms with Gasteiger partial charge in [-0.1, -0.05) is 0 Å². The molecule has 1 N–H and O–H groups in total. The van der Waals surface area contributed by atoms with Gasteiger partial charge in [0.15, 0.2) is 5.79 Å². The lowest BCUT2D eigenvalue weighted by Gasteiger charge is -2.24. The van der Waals surface area contributed by atoms with Crippen LogP contribution in [0.25, 0.3) is 0 Å². The highest BCUT2D eigenvalue weighted by Crippen LogP contribution is 2.32. The van der Waals surface area contributed by atoms with E-state index in [4.69, 9.17) is 18.9 Å². The standard InChI is InChI=1S/C14H23NO6/c1-5-19-12(16)8-6-9(13(17)18-4)15-11(8)10-7-20-14(2,3)21-10/h8-11,15H,5-7H2,1-4H3/t8-,9-,10+,11+/m0/s1. The summed E-state index contributed by atoms with van der Waals surface area (Å²) < 4.78 is 21.2. The van der Waals surface area contributed by atoms with Crippen molar-refractivity contribution in [2.75, 3.05) is 20.3 Å². The first-order valence-corrected chi connectivity index (χ1v) is 7.20. The van der Waals surface area contributed by atoms with Crippen molar-refractivity contribution < 1.29 is 28.5 Å². The van der Waals surface area contributed by atoms with Crippen LogP contribution >= 0.6 is 0 Å². The Bertz CT molecular complexity index is 410. The van der Waals surface area contributed by atoms with Gasteiger partial charge in [-0.05, 0) is 27.2 Å². The first-order chi connectivity index (χ1) is 9.88. The average Bonchev–Trinajstić information content (AvgIpc) is 3.01. The molecule has 0 spiro atoms. The molecule has 2 fully saturated rings. The summed E-state index contributed by atoms with van der Waals surface area (Å²) in [4.78, 5) is 23.8. The number of hydrogen-bond acceptors (Lipinski definition) is 7. The number of carbonyl (C=O) groups excluding carboxylic acids is 2. The van der Waals surface area contributed by atoms with Gasteiger partial charge in [-0.3, -0.25) is 14.9 Å². The molecule has 0 aromatic heterocycles. The molecule has 0 saturated carbocycles. The number of carbonyl (C=O) groups is 2. The van der Waals surface area contributed by atoms with E-state index in [1.165, 1.54) is 7.11 Å². The summed E-state index contributed by atoms with van der Waals surface area (Å²) in [6.45, 7) is 6.07. The Balaban J connectivity index is 2.11. The maximum absolute atomic E-state index is 12.1. The molecule has 0 bridgehead atoms. The van der Waals surface area contributed by atoms with Crippen molar-refractivity contribution in [2.24, 2.45) is 5.92 Å². The number of esters is 2. The Labute approximate surface area is 124 Å². The van der Waals surface area contributed by atoms with Crippen molar-refractivity contribution in [2.45, 2.75) is 51.2 Å². The molecule has 2 aliphatic rings. The molecule has 7 nitrogen and oxygen atoms in total. The minimum absolute atomic E-state index is 0.302. The van der Waals surface area contributed by atoms with Gasteiger partial charge in [0, 0.05) is 6.04 Å². The number of ether oxygens (including phenoxy) is 4. The molecule has 2 aliphatic heterocycles. The van der Waals surface area contributed by atoms with Crippen LogP contribution in [0.1, 0.15) is 27.2 Å². The predicted molar refractivity (Wildman–Crippen MR) is 72.4 cm³/mol. The van der Waals surface area contributed by atoms with Crippen LogP contribution in [0, 0.1) is 5.92 Å². The van der Waals surface area contributed by atoms with E-state index < -0.39 is 17.7 Å². The van der Waals surface area contributed by atoms with E-state index >= 15 is 0 Å². The molecule has 2 rings (SSSR count). The largest absolute Gasteiger partial charge is 0.468 e. The highest BCUT2D eigenvalue weighted by atomic mass is 16.7. The zero-order valence-electron chi connectivity index (χ0n) is 12.9. The molecule has 2 heterocycles. The second-order valence-corrected chi connectivity index (χ2v) is 5.73. The van der Waals surface area contributed by atoms with Crippen molar-refractivity contribution in [1.82, 2.24) is 5.32 Å². The van der Waals surface area contributed by atoms with Gasteiger partial charge in [0.25, 0.3) is 0 Å². The fraction of sp³-hybridized carbons (Fsp3) is 0.857. The normalized spacial score (nSPS) is 34.7. The minimum Gasteiger partial charge on any atom is -0.468 e. The number of nitrogens with one attached hydrogen (secondary N) is 1. The fourth-order valence-electron chi connectivity index (χ4n) is 2.87. The maximum atomic E-state index is 12.1. The van der Waals surface area contributed by atoms with Crippen LogP contribution in [0.15, 0.2) is 0 Å². The Morgan fingerprint density at radius 3 is 2.57 bits per heavy atom. The lowest BCUT2D eigenvalue weighted by molar-refractivity contribution is -0.155. The zero-order chi connectivity index (χ0) is 15.6.